The molecular weight excluding hydrogens is 305 g/mol. The number of hydrogen-bond donors (Lipinski definition) is 3. The zero-order valence-electron chi connectivity index (χ0n) is 12.1. The van der Waals surface area contributed by atoms with E-state index in [1.54, 1.807) is 4.90 Å². The minimum absolute atomic E-state index is 0.111. The van der Waals surface area contributed by atoms with E-state index in [4.69, 9.17) is 17.3 Å². The molecule has 22 heavy (non-hydrogen) atoms. The Bertz CT molecular complexity index is 755. The fourth-order valence-electron chi connectivity index (χ4n) is 3.16. The Kier molecular flexibility index (Phi) is 4.26. The normalized spacial score (nSPS) is 18.3. The number of aromatic nitrogens is 2. The van der Waals surface area contributed by atoms with E-state index in [2.05, 4.69) is 9.97 Å². The lowest BCUT2D eigenvalue weighted by Crippen LogP contribution is -2.35. The highest BCUT2D eigenvalue weighted by molar-refractivity contribution is 7.71. The topological polar surface area (TPSA) is 72.1 Å². The summed E-state index contributed by atoms with van der Waals surface area (Å²) < 4.78 is 14.2. The van der Waals surface area contributed by atoms with Gasteiger partial charge >= 0.3 is 0 Å². The van der Waals surface area contributed by atoms with Gasteiger partial charge in [-0.25, -0.2) is 4.39 Å². The predicted octanol–water partition coefficient (Wildman–Crippen LogP) is 2.74. The third kappa shape index (κ3) is 2.78. The van der Waals surface area contributed by atoms with Crippen molar-refractivity contribution in [3.63, 3.8) is 0 Å². The number of hydrogen-bond acceptors (Lipinski definition) is 3. The molecule has 3 rings (SSSR count). The smallest absolute Gasteiger partial charge is 0.256 e. The average molecular weight is 323 g/mol. The number of benzene rings is 1. The fraction of sp³-hybridized carbons (Fsp3) is 0.467. The van der Waals surface area contributed by atoms with Gasteiger partial charge in [-0.2, -0.15) is 0 Å². The summed E-state index contributed by atoms with van der Waals surface area (Å²) >= 11 is 5.03. The molecule has 0 saturated carbocycles. The molecule has 0 bridgehead atoms. The maximum absolute atomic E-state index is 13.8. The van der Waals surface area contributed by atoms with Crippen molar-refractivity contribution < 1.29 is 14.3 Å². The van der Waals surface area contributed by atoms with Crippen molar-refractivity contribution in [2.24, 2.45) is 0 Å². The second-order valence-electron chi connectivity index (χ2n) is 5.62. The van der Waals surface area contributed by atoms with E-state index in [9.17, 15) is 9.18 Å². The Morgan fingerprint density at radius 3 is 3.05 bits per heavy atom. The maximum Gasteiger partial charge on any atom is 0.256 e. The summed E-state index contributed by atoms with van der Waals surface area (Å²) in [6.45, 7) is 0.783. The molecule has 1 aliphatic rings. The van der Waals surface area contributed by atoms with Crippen LogP contribution in [0.15, 0.2) is 12.1 Å². The van der Waals surface area contributed by atoms with Crippen LogP contribution in [0.1, 0.15) is 36.0 Å². The Labute approximate surface area is 132 Å². The lowest BCUT2D eigenvalue weighted by Gasteiger charge is -2.25. The summed E-state index contributed by atoms with van der Waals surface area (Å²) in [6, 6.07) is 2.69. The minimum atomic E-state index is -0.466. The van der Waals surface area contributed by atoms with E-state index in [1.165, 1.54) is 12.1 Å². The molecule has 0 radical (unpaired) electrons. The number of carbonyl (C=O) groups excluding carboxylic acids is 1. The minimum Gasteiger partial charge on any atom is -0.396 e. The van der Waals surface area contributed by atoms with Crippen LogP contribution in [0.5, 0.6) is 0 Å². The quantitative estimate of drug-likeness (QED) is 0.758. The van der Waals surface area contributed by atoms with E-state index < -0.39 is 5.82 Å². The Morgan fingerprint density at radius 1 is 1.45 bits per heavy atom. The van der Waals surface area contributed by atoms with E-state index in [0.29, 0.717) is 34.3 Å². The molecule has 1 aromatic heterocycles. The first-order valence-corrected chi connectivity index (χ1v) is 7.84. The SMILES string of the molecule is O=C(c1cc(F)cc2[nH]c(=S)[nH]c12)N1CCCC1CCCO. The molecule has 2 aromatic rings. The lowest BCUT2D eigenvalue weighted by atomic mass is 10.1. The van der Waals surface area contributed by atoms with Gasteiger partial charge in [-0.15, -0.1) is 0 Å². The molecule has 1 aromatic carbocycles. The molecule has 3 N–H and O–H groups in total. The third-order valence-electron chi connectivity index (χ3n) is 4.15. The van der Waals surface area contributed by atoms with E-state index in [-0.39, 0.29) is 18.6 Å². The van der Waals surface area contributed by atoms with Gasteiger partial charge in [0.2, 0.25) is 0 Å². The van der Waals surface area contributed by atoms with Crippen LogP contribution in [0.2, 0.25) is 0 Å². The molecule has 5 nitrogen and oxygen atoms in total. The Balaban J connectivity index is 1.96. The van der Waals surface area contributed by atoms with E-state index >= 15 is 0 Å². The zero-order valence-corrected chi connectivity index (χ0v) is 12.9. The second-order valence-corrected chi connectivity index (χ2v) is 6.02. The number of rotatable bonds is 4. The van der Waals surface area contributed by atoms with Crippen molar-refractivity contribution in [3.8, 4) is 0 Å². The van der Waals surface area contributed by atoms with Crippen molar-refractivity contribution in [3.05, 3.63) is 28.3 Å². The second kappa shape index (κ2) is 6.18. The summed E-state index contributed by atoms with van der Waals surface area (Å²) in [4.78, 5) is 20.4. The van der Waals surface area contributed by atoms with E-state index in [1.807, 2.05) is 0 Å². The zero-order chi connectivity index (χ0) is 15.7. The summed E-state index contributed by atoms with van der Waals surface area (Å²) in [7, 11) is 0. The Morgan fingerprint density at radius 2 is 2.27 bits per heavy atom. The standard InChI is InChI=1S/C15H18FN3O2S/c16-9-7-11(13-12(8-9)17-15(22)18-13)14(21)19-5-1-3-10(19)4-2-6-20/h7-8,10,20H,1-6H2,(H2,17,18,22). The number of imidazole rings is 1. The van der Waals surface area contributed by atoms with Crippen molar-refractivity contribution in [1.82, 2.24) is 14.9 Å². The number of aromatic amines is 2. The molecule has 1 saturated heterocycles. The fourth-order valence-corrected chi connectivity index (χ4v) is 3.37. The summed E-state index contributed by atoms with van der Waals surface area (Å²) in [5, 5.41) is 8.98. The van der Waals surface area contributed by atoms with Crippen LogP contribution in [0.4, 0.5) is 4.39 Å². The van der Waals surface area contributed by atoms with Crippen molar-refractivity contribution in [2.75, 3.05) is 13.2 Å². The number of likely N-dealkylation sites (tertiary alicyclic amines) is 1. The van der Waals surface area contributed by atoms with Crippen LogP contribution in [0, 0.1) is 10.6 Å². The van der Waals surface area contributed by atoms with Gasteiger partial charge < -0.3 is 20.0 Å². The van der Waals surface area contributed by atoms with Gasteiger partial charge in [-0.1, -0.05) is 0 Å². The predicted molar refractivity (Wildman–Crippen MR) is 83.8 cm³/mol. The molecule has 1 amide bonds. The van der Waals surface area contributed by atoms with Crippen molar-refractivity contribution in [1.29, 1.82) is 0 Å². The molecular formula is C15H18FN3O2S. The number of aliphatic hydroxyl groups is 1. The number of H-pyrrole nitrogens is 2. The number of halogens is 1. The lowest BCUT2D eigenvalue weighted by molar-refractivity contribution is 0.0726. The van der Waals surface area contributed by atoms with Crippen LogP contribution in [0.25, 0.3) is 11.0 Å². The molecule has 2 heterocycles. The number of nitrogens with one attached hydrogen (secondary N) is 2. The highest BCUT2D eigenvalue weighted by Gasteiger charge is 2.30. The van der Waals surface area contributed by atoms with Gasteiger partial charge in [-0.05, 0) is 50.0 Å². The van der Waals surface area contributed by atoms with Gasteiger partial charge in [0, 0.05) is 19.2 Å². The van der Waals surface area contributed by atoms with Crippen LogP contribution in [-0.4, -0.2) is 45.1 Å². The monoisotopic (exact) mass is 323 g/mol. The van der Waals surface area contributed by atoms with Crippen molar-refractivity contribution in [2.45, 2.75) is 31.7 Å². The highest BCUT2D eigenvalue weighted by Crippen LogP contribution is 2.26. The maximum atomic E-state index is 13.8. The first kappa shape index (κ1) is 15.2. The Hall–Kier alpha value is -1.73. The average Bonchev–Trinajstić information content (AvgIpc) is 3.08. The third-order valence-corrected chi connectivity index (χ3v) is 4.36. The molecule has 0 spiro atoms. The number of amides is 1. The molecule has 1 aliphatic heterocycles. The first-order valence-electron chi connectivity index (χ1n) is 7.43. The molecule has 1 unspecified atom stereocenters. The molecule has 1 atom stereocenters. The van der Waals surface area contributed by atoms with Gasteiger partial charge in [-0.3, -0.25) is 4.79 Å². The van der Waals surface area contributed by atoms with E-state index in [0.717, 1.165) is 19.3 Å². The molecule has 0 aliphatic carbocycles. The van der Waals surface area contributed by atoms with Gasteiger partial charge in [0.05, 0.1) is 16.6 Å². The van der Waals surface area contributed by atoms with Crippen LogP contribution in [-0.2, 0) is 0 Å². The van der Waals surface area contributed by atoms with Crippen molar-refractivity contribution >= 4 is 29.2 Å². The van der Waals surface area contributed by atoms with Crippen LogP contribution in [0.3, 0.4) is 0 Å². The van der Waals surface area contributed by atoms with Gasteiger partial charge in [0.1, 0.15) is 5.82 Å². The first-order chi connectivity index (χ1) is 10.6. The number of nitrogens with zero attached hydrogens (tertiary/aromatic N) is 1. The number of carbonyl (C=O) groups is 1. The summed E-state index contributed by atoms with van der Waals surface area (Å²) in [6.07, 6.45) is 3.29. The molecule has 7 heteroatoms. The van der Waals surface area contributed by atoms with Crippen LogP contribution >= 0.6 is 12.2 Å². The largest absolute Gasteiger partial charge is 0.396 e. The van der Waals surface area contributed by atoms with Gasteiger partial charge in [0.15, 0.2) is 4.77 Å². The molecule has 1 fully saturated rings. The molecule has 118 valence electrons. The summed E-state index contributed by atoms with van der Waals surface area (Å²) in [5.74, 6) is -0.651. The highest BCUT2D eigenvalue weighted by atomic mass is 32.1. The van der Waals surface area contributed by atoms with Crippen LogP contribution < -0.4 is 0 Å². The summed E-state index contributed by atoms with van der Waals surface area (Å²) in [5.41, 5.74) is 1.35. The number of aliphatic hydroxyl groups excluding tert-OH is 1. The van der Waals surface area contributed by atoms with Gasteiger partial charge in [0.25, 0.3) is 5.91 Å². The number of fused-ring (bicyclic) bond motifs is 1.